The van der Waals surface area contributed by atoms with Crippen molar-refractivity contribution in [2.24, 2.45) is 0 Å². The minimum atomic E-state index is -1.95. The quantitative estimate of drug-likeness (QED) is 0.164. The highest BCUT2D eigenvalue weighted by Gasteiger charge is 2.50. The van der Waals surface area contributed by atoms with Gasteiger partial charge >= 0.3 is 0 Å². The Labute approximate surface area is 226 Å². The normalized spacial score (nSPS) is 32.5. The first-order valence-corrected chi connectivity index (χ1v) is 12.4. The standard InChI is InChI=1S/C26H30O14/c1-10-3-13(28)18-15(38-10)5-11-4-12(35-2)6-14(29)17(11)22(18)40-24-21(32)20(31)19(30)16(39-24)7-36-25-23(33)26(34,8-27)9-37-25/h3-6,16,19-21,23-25,27,29-34H,7-9H2,1-2H3. The smallest absolute Gasteiger partial charge is 0.229 e. The van der Waals surface area contributed by atoms with Gasteiger partial charge in [0.25, 0.3) is 0 Å². The number of aromatic hydroxyl groups is 1. The third-order valence-corrected chi connectivity index (χ3v) is 7.10. The van der Waals surface area contributed by atoms with E-state index < -0.39 is 74.0 Å². The van der Waals surface area contributed by atoms with Gasteiger partial charge in [0, 0.05) is 12.1 Å². The number of benzene rings is 2. The second kappa shape index (κ2) is 10.7. The number of hydrogen-bond donors (Lipinski definition) is 7. The zero-order chi connectivity index (χ0) is 28.9. The molecule has 8 unspecified atom stereocenters. The summed E-state index contributed by atoms with van der Waals surface area (Å²) in [6, 6.07) is 5.60. The van der Waals surface area contributed by atoms with E-state index in [2.05, 4.69) is 0 Å². The highest BCUT2D eigenvalue weighted by molar-refractivity contribution is 6.06. The third-order valence-electron chi connectivity index (χ3n) is 7.10. The van der Waals surface area contributed by atoms with Crippen LogP contribution in [-0.4, -0.2) is 111 Å². The van der Waals surface area contributed by atoms with Crippen LogP contribution in [0.2, 0.25) is 0 Å². The molecule has 218 valence electrons. The molecule has 2 aliphatic heterocycles. The van der Waals surface area contributed by atoms with Crippen molar-refractivity contribution in [2.75, 3.05) is 26.9 Å². The number of aryl methyl sites for hydroxylation is 1. The van der Waals surface area contributed by atoms with Crippen LogP contribution in [0.15, 0.2) is 33.5 Å². The van der Waals surface area contributed by atoms with Crippen LogP contribution in [0, 0.1) is 6.92 Å². The lowest BCUT2D eigenvalue weighted by Gasteiger charge is -2.40. The van der Waals surface area contributed by atoms with Gasteiger partial charge in [0.1, 0.15) is 70.1 Å². The van der Waals surface area contributed by atoms with Gasteiger partial charge in [0.05, 0.1) is 32.3 Å². The minimum Gasteiger partial charge on any atom is -0.507 e. The maximum atomic E-state index is 13.0. The van der Waals surface area contributed by atoms with Crippen LogP contribution in [0.5, 0.6) is 17.2 Å². The molecule has 3 aromatic rings. The van der Waals surface area contributed by atoms with Gasteiger partial charge in [0.15, 0.2) is 11.7 Å². The fourth-order valence-corrected chi connectivity index (χ4v) is 4.83. The van der Waals surface area contributed by atoms with Crippen molar-refractivity contribution in [3.8, 4) is 17.2 Å². The zero-order valence-electron chi connectivity index (χ0n) is 21.5. The highest BCUT2D eigenvalue weighted by atomic mass is 16.7. The summed E-state index contributed by atoms with van der Waals surface area (Å²) in [6.45, 7) is -0.130. The lowest BCUT2D eigenvalue weighted by molar-refractivity contribution is -0.288. The Morgan fingerprint density at radius 1 is 1.02 bits per heavy atom. The Kier molecular flexibility index (Phi) is 7.64. The fraction of sp³-hybridized carbons (Fsp3) is 0.500. The molecule has 8 atom stereocenters. The largest absolute Gasteiger partial charge is 0.507 e. The highest BCUT2D eigenvalue weighted by Crippen LogP contribution is 2.42. The summed E-state index contributed by atoms with van der Waals surface area (Å²) in [7, 11) is 1.41. The van der Waals surface area contributed by atoms with Crippen molar-refractivity contribution >= 4 is 21.7 Å². The van der Waals surface area contributed by atoms with E-state index in [-0.39, 0.29) is 27.9 Å². The Morgan fingerprint density at radius 3 is 2.45 bits per heavy atom. The van der Waals surface area contributed by atoms with E-state index in [0.29, 0.717) is 16.9 Å². The average Bonchev–Trinajstić information content (AvgIpc) is 3.20. The zero-order valence-corrected chi connectivity index (χ0v) is 21.5. The maximum Gasteiger partial charge on any atom is 0.229 e. The summed E-state index contributed by atoms with van der Waals surface area (Å²) in [5, 5.41) is 72.6. The van der Waals surface area contributed by atoms with E-state index in [0.717, 1.165) is 0 Å². The Hall–Kier alpha value is -3.05. The van der Waals surface area contributed by atoms with Gasteiger partial charge in [-0.1, -0.05) is 0 Å². The molecule has 7 N–H and O–H groups in total. The number of ether oxygens (including phenoxy) is 5. The molecule has 14 nitrogen and oxygen atoms in total. The molecule has 2 aromatic carbocycles. The molecule has 2 saturated heterocycles. The number of phenols is 1. The van der Waals surface area contributed by atoms with E-state index in [1.165, 1.54) is 25.3 Å². The number of aliphatic hydroxyl groups is 6. The lowest BCUT2D eigenvalue weighted by Crippen LogP contribution is -2.60. The minimum absolute atomic E-state index is 0.0689. The number of fused-ring (bicyclic) bond motifs is 2. The van der Waals surface area contributed by atoms with Crippen LogP contribution in [0.1, 0.15) is 5.76 Å². The number of aliphatic hydroxyl groups excluding tert-OH is 5. The van der Waals surface area contributed by atoms with Gasteiger partial charge in [0.2, 0.25) is 6.29 Å². The van der Waals surface area contributed by atoms with Crippen molar-refractivity contribution in [1.29, 1.82) is 0 Å². The fourth-order valence-electron chi connectivity index (χ4n) is 4.83. The van der Waals surface area contributed by atoms with Gasteiger partial charge in [-0.05, 0) is 24.4 Å². The predicted octanol–water partition coefficient (Wildman–Crippen LogP) is -1.39. The second-order valence-corrected chi connectivity index (χ2v) is 9.90. The van der Waals surface area contributed by atoms with Crippen LogP contribution < -0.4 is 14.9 Å². The molecule has 2 aliphatic rings. The number of phenolic OH excluding ortho intramolecular Hbond substituents is 1. The van der Waals surface area contributed by atoms with Gasteiger partial charge in [-0.15, -0.1) is 0 Å². The predicted molar refractivity (Wildman–Crippen MR) is 134 cm³/mol. The molecule has 2 fully saturated rings. The summed E-state index contributed by atoms with van der Waals surface area (Å²) >= 11 is 0. The van der Waals surface area contributed by atoms with E-state index in [1.807, 2.05) is 0 Å². The van der Waals surface area contributed by atoms with Crippen LogP contribution in [0.4, 0.5) is 0 Å². The Morgan fingerprint density at radius 2 is 1.77 bits per heavy atom. The molecule has 1 aromatic heterocycles. The van der Waals surface area contributed by atoms with Crippen molar-refractivity contribution < 1.29 is 63.8 Å². The number of rotatable bonds is 7. The molecule has 40 heavy (non-hydrogen) atoms. The molecule has 14 heteroatoms. The molecule has 3 heterocycles. The molecule has 0 bridgehead atoms. The molecule has 0 amide bonds. The van der Waals surface area contributed by atoms with Gasteiger partial charge < -0.3 is 63.8 Å². The topological polar surface area (TPSA) is 218 Å². The first kappa shape index (κ1) is 28.5. The Balaban J connectivity index is 1.49. The average molecular weight is 567 g/mol. The second-order valence-electron chi connectivity index (χ2n) is 9.90. The van der Waals surface area contributed by atoms with Crippen LogP contribution >= 0.6 is 0 Å². The summed E-state index contributed by atoms with van der Waals surface area (Å²) in [5.74, 6) is 0.0838. The monoisotopic (exact) mass is 566 g/mol. The Bertz CT molecular complexity index is 1460. The van der Waals surface area contributed by atoms with E-state index in [1.54, 1.807) is 13.0 Å². The molecule has 5 rings (SSSR count). The summed E-state index contributed by atoms with van der Waals surface area (Å²) in [4.78, 5) is 13.0. The van der Waals surface area contributed by atoms with Gasteiger partial charge in [-0.25, -0.2) is 0 Å². The van der Waals surface area contributed by atoms with Crippen molar-refractivity contribution in [3.63, 3.8) is 0 Å². The SMILES string of the molecule is COc1cc(O)c2c(OC3OC(COC4OCC(O)(CO)C4O)C(O)C(O)C3O)c3c(=O)cc(C)oc3cc2c1. The van der Waals surface area contributed by atoms with E-state index in [4.69, 9.17) is 28.1 Å². The van der Waals surface area contributed by atoms with Crippen LogP contribution in [0.3, 0.4) is 0 Å². The van der Waals surface area contributed by atoms with Crippen LogP contribution in [0.25, 0.3) is 21.7 Å². The lowest BCUT2D eigenvalue weighted by atomic mass is 9.98. The first-order chi connectivity index (χ1) is 19.0. The number of hydrogen-bond acceptors (Lipinski definition) is 14. The van der Waals surface area contributed by atoms with Gasteiger partial charge in [-0.3, -0.25) is 4.79 Å². The van der Waals surface area contributed by atoms with Crippen molar-refractivity contribution in [1.82, 2.24) is 0 Å². The number of methoxy groups -OCH3 is 1. The molecule has 0 spiro atoms. The molecule has 0 aliphatic carbocycles. The maximum absolute atomic E-state index is 13.0. The first-order valence-electron chi connectivity index (χ1n) is 12.4. The summed E-state index contributed by atoms with van der Waals surface area (Å²) in [5.41, 5.74) is -2.35. The van der Waals surface area contributed by atoms with Crippen LogP contribution in [-0.2, 0) is 14.2 Å². The van der Waals surface area contributed by atoms with Gasteiger partial charge in [-0.2, -0.15) is 0 Å². The molecular weight excluding hydrogens is 536 g/mol. The molecule has 0 saturated carbocycles. The van der Waals surface area contributed by atoms with E-state index >= 15 is 0 Å². The van der Waals surface area contributed by atoms with Crippen molar-refractivity contribution in [2.45, 2.75) is 55.6 Å². The molecule has 0 radical (unpaired) electrons. The summed E-state index contributed by atoms with van der Waals surface area (Å²) in [6.07, 6.45) is -11.3. The van der Waals surface area contributed by atoms with E-state index in [9.17, 15) is 40.5 Å². The molecular formula is C26H30O14. The third kappa shape index (κ3) is 4.87. The van der Waals surface area contributed by atoms with Crippen molar-refractivity contribution in [3.05, 3.63) is 40.2 Å². The summed E-state index contributed by atoms with van der Waals surface area (Å²) < 4.78 is 33.2.